The van der Waals surface area contributed by atoms with Gasteiger partial charge < -0.3 is 4.74 Å². The van der Waals surface area contributed by atoms with Gasteiger partial charge in [0.25, 0.3) is 0 Å². The number of carbonyl (C=O) groups is 1. The monoisotopic (exact) mass is 241 g/mol. The molecule has 0 amide bonds. The van der Waals surface area contributed by atoms with E-state index in [4.69, 9.17) is 4.74 Å². The van der Waals surface area contributed by atoms with Crippen LogP contribution in [0.25, 0.3) is 0 Å². The lowest BCUT2D eigenvalue weighted by Gasteiger charge is -2.35. The Balaban J connectivity index is 2.20. The van der Waals surface area contributed by atoms with Gasteiger partial charge in [0.15, 0.2) is 0 Å². The molecule has 0 radical (unpaired) electrons. The highest BCUT2D eigenvalue weighted by Gasteiger charge is 2.22. The number of ether oxygens (including phenoxy) is 1. The Kier molecular flexibility index (Phi) is 7.45. The van der Waals surface area contributed by atoms with E-state index in [1.807, 2.05) is 0 Å². The number of Topliss-reactive ketones (excluding diaryl/α,β-unsaturated/α-hetero) is 1. The fourth-order valence-electron chi connectivity index (χ4n) is 2.45. The number of hydrogen-bond acceptors (Lipinski definition) is 3. The Morgan fingerprint density at radius 2 is 2.18 bits per heavy atom. The molecule has 0 spiro atoms. The topological polar surface area (TPSA) is 29.5 Å². The van der Waals surface area contributed by atoms with Crippen LogP contribution >= 0.6 is 0 Å². The number of unbranched alkanes of at least 4 members (excludes halogenated alkanes) is 1. The molecule has 0 aromatic heterocycles. The third-order valence-corrected chi connectivity index (χ3v) is 3.44. The average Bonchev–Trinajstić information content (AvgIpc) is 2.30. The molecule has 1 atom stereocenters. The molecule has 3 nitrogen and oxygen atoms in total. The summed E-state index contributed by atoms with van der Waals surface area (Å²) in [5, 5.41) is 0. The van der Waals surface area contributed by atoms with Crippen LogP contribution in [0, 0.1) is 0 Å². The summed E-state index contributed by atoms with van der Waals surface area (Å²) < 4.78 is 5.60. The van der Waals surface area contributed by atoms with Crippen LogP contribution in [-0.2, 0) is 9.53 Å². The molecule has 1 aliphatic rings. The predicted octanol–water partition coefficient (Wildman–Crippen LogP) is 2.64. The first-order chi connectivity index (χ1) is 8.24. The van der Waals surface area contributed by atoms with E-state index in [9.17, 15) is 4.79 Å². The lowest BCUT2D eigenvalue weighted by molar-refractivity contribution is -0.118. The van der Waals surface area contributed by atoms with E-state index in [0.717, 1.165) is 39.1 Å². The summed E-state index contributed by atoms with van der Waals surface area (Å²) >= 11 is 0. The maximum atomic E-state index is 11.2. The first-order valence-electron chi connectivity index (χ1n) is 7.05. The summed E-state index contributed by atoms with van der Waals surface area (Å²) in [5.74, 6) is 0.314. The van der Waals surface area contributed by atoms with Crippen LogP contribution in [-0.4, -0.2) is 43.0 Å². The van der Waals surface area contributed by atoms with Crippen LogP contribution in [0.5, 0.6) is 0 Å². The number of ketones is 1. The number of nitrogens with zero attached hydrogens (tertiary/aromatic N) is 1. The molecule has 0 bridgehead atoms. The van der Waals surface area contributed by atoms with Crippen molar-refractivity contribution in [2.24, 2.45) is 0 Å². The molecule has 1 saturated heterocycles. The van der Waals surface area contributed by atoms with Crippen LogP contribution in [0.3, 0.4) is 0 Å². The van der Waals surface area contributed by atoms with E-state index in [1.54, 1.807) is 6.92 Å². The van der Waals surface area contributed by atoms with Crippen LogP contribution in [0.15, 0.2) is 0 Å². The second-order valence-corrected chi connectivity index (χ2v) is 5.06. The molecule has 1 unspecified atom stereocenters. The summed E-state index contributed by atoms with van der Waals surface area (Å²) in [5.41, 5.74) is 0. The van der Waals surface area contributed by atoms with E-state index in [0.29, 0.717) is 11.8 Å². The fourth-order valence-corrected chi connectivity index (χ4v) is 2.45. The number of hydrogen-bond donors (Lipinski definition) is 0. The van der Waals surface area contributed by atoms with Crippen LogP contribution in [0.4, 0.5) is 0 Å². The third-order valence-electron chi connectivity index (χ3n) is 3.44. The van der Waals surface area contributed by atoms with Gasteiger partial charge in [0, 0.05) is 25.6 Å². The maximum absolute atomic E-state index is 11.2. The van der Waals surface area contributed by atoms with Gasteiger partial charge in [0.05, 0.1) is 6.61 Å². The van der Waals surface area contributed by atoms with Crippen LogP contribution in [0.2, 0.25) is 0 Å². The standard InChI is InChI=1S/C14H27NO2/c1-3-4-10-17-11-9-15-8-6-5-7-14(15)12-13(2)16/h14H,3-12H2,1-2H3. The first kappa shape index (κ1) is 14.7. The van der Waals surface area contributed by atoms with Gasteiger partial charge in [0.2, 0.25) is 0 Å². The Bertz CT molecular complexity index is 218. The lowest BCUT2D eigenvalue weighted by atomic mass is 9.98. The molecule has 3 heteroatoms. The van der Waals surface area contributed by atoms with Crippen LogP contribution < -0.4 is 0 Å². The van der Waals surface area contributed by atoms with Gasteiger partial charge in [-0.15, -0.1) is 0 Å². The molecular weight excluding hydrogens is 214 g/mol. The quantitative estimate of drug-likeness (QED) is 0.612. The van der Waals surface area contributed by atoms with Crippen molar-refractivity contribution >= 4 is 5.78 Å². The van der Waals surface area contributed by atoms with Crippen molar-refractivity contribution < 1.29 is 9.53 Å². The number of piperidine rings is 1. The molecule has 1 heterocycles. The third kappa shape index (κ3) is 6.18. The summed E-state index contributed by atoms with van der Waals surface area (Å²) in [6.45, 7) is 7.69. The van der Waals surface area contributed by atoms with Crippen molar-refractivity contribution in [1.29, 1.82) is 0 Å². The van der Waals surface area contributed by atoms with Gasteiger partial charge in [-0.3, -0.25) is 9.69 Å². The SMILES string of the molecule is CCCCOCCN1CCCCC1CC(C)=O. The van der Waals surface area contributed by atoms with Gasteiger partial charge in [-0.2, -0.15) is 0 Å². The maximum Gasteiger partial charge on any atom is 0.131 e. The molecule has 1 aliphatic heterocycles. The Labute approximate surface area is 106 Å². The van der Waals surface area contributed by atoms with Gasteiger partial charge in [-0.25, -0.2) is 0 Å². The van der Waals surface area contributed by atoms with Crippen molar-refractivity contribution in [2.75, 3.05) is 26.3 Å². The predicted molar refractivity (Wildman–Crippen MR) is 70.2 cm³/mol. The largest absolute Gasteiger partial charge is 0.380 e. The normalized spacial score (nSPS) is 21.6. The molecule has 0 saturated carbocycles. The molecule has 1 rings (SSSR count). The van der Waals surface area contributed by atoms with Crippen molar-refractivity contribution in [2.45, 2.75) is 58.4 Å². The smallest absolute Gasteiger partial charge is 0.131 e. The van der Waals surface area contributed by atoms with E-state index < -0.39 is 0 Å². The Morgan fingerprint density at radius 3 is 2.88 bits per heavy atom. The minimum absolute atomic E-state index is 0.314. The van der Waals surface area contributed by atoms with Crippen molar-refractivity contribution in [3.63, 3.8) is 0 Å². The lowest BCUT2D eigenvalue weighted by Crippen LogP contribution is -2.42. The second kappa shape index (κ2) is 8.65. The van der Waals surface area contributed by atoms with Gasteiger partial charge >= 0.3 is 0 Å². The summed E-state index contributed by atoms with van der Waals surface area (Å²) in [4.78, 5) is 13.7. The van der Waals surface area contributed by atoms with Gasteiger partial charge in [0.1, 0.15) is 5.78 Å². The molecular formula is C14H27NO2. The molecule has 0 aromatic rings. The van der Waals surface area contributed by atoms with E-state index in [1.165, 1.54) is 25.7 Å². The minimum Gasteiger partial charge on any atom is -0.380 e. The van der Waals surface area contributed by atoms with Crippen molar-refractivity contribution in [3.8, 4) is 0 Å². The van der Waals surface area contributed by atoms with Gasteiger partial charge in [-0.1, -0.05) is 19.8 Å². The zero-order valence-corrected chi connectivity index (χ0v) is 11.4. The number of rotatable bonds is 8. The van der Waals surface area contributed by atoms with E-state index in [2.05, 4.69) is 11.8 Å². The summed E-state index contributed by atoms with van der Waals surface area (Å²) in [6, 6.07) is 0.469. The molecule has 0 N–H and O–H groups in total. The molecule has 100 valence electrons. The highest BCUT2D eigenvalue weighted by Crippen LogP contribution is 2.19. The number of likely N-dealkylation sites (tertiary alicyclic amines) is 1. The number of carbonyl (C=O) groups excluding carboxylic acids is 1. The van der Waals surface area contributed by atoms with Gasteiger partial charge in [-0.05, 0) is 32.7 Å². The van der Waals surface area contributed by atoms with Crippen LogP contribution in [0.1, 0.15) is 52.4 Å². The van der Waals surface area contributed by atoms with Crippen molar-refractivity contribution in [1.82, 2.24) is 4.90 Å². The fraction of sp³-hybridized carbons (Fsp3) is 0.929. The first-order valence-corrected chi connectivity index (χ1v) is 7.05. The molecule has 1 fully saturated rings. The zero-order valence-electron chi connectivity index (χ0n) is 11.4. The summed E-state index contributed by atoms with van der Waals surface area (Å²) in [7, 11) is 0. The molecule has 17 heavy (non-hydrogen) atoms. The Hall–Kier alpha value is -0.410. The van der Waals surface area contributed by atoms with E-state index in [-0.39, 0.29) is 0 Å². The highest BCUT2D eigenvalue weighted by molar-refractivity contribution is 5.76. The molecule has 0 aromatic carbocycles. The second-order valence-electron chi connectivity index (χ2n) is 5.06. The average molecular weight is 241 g/mol. The zero-order chi connectivity index (χ0) is 12.5. The molecule has 0 aliphatic carbocycles. The minimum atomic E-state index is 0.314. The summed E-state index contributed by atoms with van der Waals surface area (Å²) in [6.07, 6.45) is 6.77. The Morgan fingerprint density at radius 1 is 1.35 bits per heavy atom. The van der Waals surface area contributed by atoms with Crippen molar-refractivity contribution in [3.05, 3.63) is 0 Å². The van der Waals surface area contributed by atoms with E-state index >= 15 is 0 Å². The highest BCUT2D eigenvalue weighted by atomic mass is 16.5.